The molecule has 1 heterocycles. The number of nitro benzene ring substituents is 1. The Kier molecular flexibility index (Phi) is 7.55. The molecule has 4 rings (SSSR count). The number of aryl methyl sites for hydroxylation is 1. The van der Waals surface area contributed by atoms with Crippen molar-refractivity contribution in [3.63, 3.8) is 0 Å². The van der Waals surface area contributed by atoms with Crippen molar-refractivity contribution in [2.75, 3.05) is 0 Å². The number of rotatable bonds is 5. The van der Waals surface area contributed by atoms with Crippen LogP contribution in [0.25, 0.3) is 0 Å². The quantitative estimate of drug-likeness (QED) is 0.320. The van der Waals surface area contributed by atoms with Gasteiger partial charge in [-0.1, -0.05) is 23.2 Å². The lowest BCUT2D eigenvalue weighted by atomic mass is 9.93. The number of hydrogen-bond acceptors (Lipinski definition) is 7. The number of nitrogens with one attached hydrogen (secondary N) is 3. The lowest BCUT2D eigenvalue weighted by molar-refractivity contribution is -0.384. The lowest BCUT2D eigenvalue weighted by Crippen LogP contribution is -2.41. The van der Waals surface area contributed by atoms with Gasteiger partial charge in [0.05, 0.1) is 21.2 Å². The number of fused-ring (bicyclic) bond motifs is 1. The number of nitrogens with zero attached hydrogens (tertiary/aromatic N) is 2. The van der Waals surface area contributed by atoms with Crippen LogP contribution in [0.2, 0.25) is 10.0 Å². The fourth-order valence-electron chi connectivity index (χ4n) is 3.83. The molecule has 11 nitrogen and oxygen atoms in total. The fraction of sp³-hybridized carbons (Fsp3) is 0.167. The molecule has 0 fully saturated rings. The summed E-state index contributed by atoms with van der Waals surface area (Å²) in [4.78, 5) is 47.8. The van der Waals surface area contributed by atoms with Crippen LogP contribution in [0.1, 0.15) is 61.0 Å². The molecule has 1 aliphatic carbocycles. The van der Waals surface area contributed by atoms with Gasteiger partial charge in [0.25, 0.3) is 17.5 Å². The van der Waals surface area contributed by atoms with Crippen molar-refractivity contribution in [3.8, 4) is 0 Å². The van der Waals surface area contributed by atoms with Crippen molar-refractivity contribution in [2.45, 2.75) is 26.2 Å². The largest absolute Gasteiger partial charge is 0.455 e. The summed E-state index contributed by atoms with van der Waals surface area (Å²) >= 11 is 12.0. The molecule has 0 saturated heterocycles. The zero-order chi connectivity index (χ0) is 26.7. The van der Waals surface area contributed by atoms with Crippen molar-refractivity contribution in [1.82, 2.24) is 16.3 Å². The van der Waals surface area contributed by atoms with Crippen LogP contribution < -0.4 is 16.3 Å². The van der Waals surface area contributed by atoms with E-state index in [-0.39, 0.29) is 27.6 Å². The summed E-state index contributed by atoms with van der Waals surface area (Å²) in [6.07, 6.45) is 1.79. The molecule has 0 bridgehead atoms. The van der Waals surface area contributed by atoms with Gasteiger partial charge in [0.15, 0.2) is 5.76 Å². The summed E-state index contributed by atoms with van der Waals surface area (Å²) in [5.74, 6) is -1.36. The van der Waals surface area contributed by atoms with Crippen LogP contribution in [0.4, 0.5) is 5.69 Å². The number of carbonyl (C=O) groups is 3. The highest BCUT2D eigenvalue weighted by atomic mass is 35.5. The van der Waals surface area contributed by atoms with E-state index in [4.69, 9.17) is 27.6 Å². The maximum Gasteiger partial charge on any atom is 0.305 e. The average molecular weight is 544 g/mol. The third-order valence-electron chi connectivity index (χ3n) is 5.63. The topological polar surface area (TPSA) is 156 Å². The van der Waals surface area contributed by atoms with Gasteiger partial charge in [-0.3, -0.25) is 35.3 Å². The number of hydrazine groups is 1. The molecule has 3 aromatic rings. The number of benzene rings is 2. The monoisotopic (exact) mass is 543 g/mol. The highest BCUT2D eigenvalue weighted by Gasteiger charge is 2.28. The summed E-state index contributed by atoms with van der Waals surface area (Å²) in [6, 6.07) is 9.39. The number of furan rings is 1. The van der Waals surface area contributed by atoms with E-state index in [9.17, 15) is 24.5 Å². The SMILES string of the molecule is Cc1c(C(=O)NNC(=O)c2ccc([N+](=O)[O-])cc2)oc2c1/C(=N/NC(=O)c1ccc(Cl)cc1Cl)CCC2. The molecule has 190 valence electrons. The zero-order valence-electron chi connectivity index (χ0n) is 19.3. The maximum atomic E-state index is 12.7. The second-order valence-corrected chi connectivity index (χ2v) is 8.89. The van der Waals surface area contributed by atoms with Gasteiger partial charge in [-0.05, 0) is 50.1 Å². The van der Waals surface area contributed by atoms with Gasteiger partial charge in [0, 0.05) is 40.3 Å². The molecule has 0 unspecified atom stereocenters. The van der Waals surface area contributed by atoms with E-state index in [2.05, 4.69) is 21.4 Å². The average Bonchev–Trinajstić information content (AvgIpc) is 3.22. The van der Waals surface area contributed by atoms with Gasteiger partial charge in [0.2, 0.25) is 0 Å². The van der Waals surface area contributed by atoms with Gasteiger partial charge >= 0.3 is 5.91 Å². The molecule has 13 heteroatoms. The molecular weight excluding hydrogens is 525 g/mol. The molecule has 2 aromatic carbocycles. The number of hydrazone groups is 1. The Morgan fingerprint density at radius 3 is 2.38 bits per heavy atom. The van der Waals surface area contributed by atoms with Gasteiger partial charge in [-0.25, -0.2) is 5.43 Å². The van der Waals surface area contributed by atoms with E-state index in [1.54, 1.807) is 13.0 Å². The first-order valence-electron chi connectivity index (χ1n) is 11.0. The van der Waals surface area contributed by atoms with Crippen LogP contribution in [0, 0.1) is 17.0 Å². The molecule has 1 aliphatic rings. The first kappa shape index (κ1) is 25.9. The van der Waals surface area contributed by atoms with Crippen LogP contribution in [0.5, 0.6) is 0 Å². The molecule has 3 N–H and O–H groups in total. The predicted molar refractivity (Wildman–Crippen MR) is 135 cm³/mol. The van der Waals surface area contributed by atoms with E-state index in [1.165, 1.54) is 36.4 Å². The Morgan fingerprint density at radius 2 is 1.70 bits per heavy atom. The van der Waals surface area contributed by atoms with Crippen LogP contribution >= 0.6 is 23.2 Å². The highest BCUT2D eigenvalue weighted by molar-refractivity contribution is 6.36. The molecule has 0 aliphatic heterocycles. The minimum absolute atomic E-state index is 0.0179. The normalized spacial score (nSPS) is 13.5. The number of halogens is 2. The molecule has 1 aromatic heterocycles. The van der Waals surface area contributed by atoms with Crippen LogP contribution in [0.3, 0.4) is 0 Å². The number of amides is 3. The Hall–Kier alpha value is -4.22. The van der Waals surface area contributed by atoms with Gasteiger partial charge in [-0.15, -0.1) is 0 Å². The molecule has 0 spiro atoms. The van der Waals surface area contributed by atoms with Gasteiger partial charge in [0.1, 0.15) is 5.76 Å². The van der Waals surface area contributed by atoms with E-state index in [0.717, 1.165) is 0 Å². The molecule has 37 heavy (non-hydrogen) atoms. The molecule has 3 amide bonds. The summed E-state index contributed by atoms with van der Waals surface area (Å²) in [6.45, 7) is 1.67. The van der Waals surface area contributed by atoms with E-state index in [0.29, 0.717) is 46.9 Å². The predicted octanol–water partition coefficient (Wildman–Crippen LogP) is 4.35. The van der Waals surface area contributed by atoms with Crippen LogP contribution in [-0.2, 0) is 6.42 Å². The Morgan fingerprint density at radius 1 is 1.00 bits per heavy atom. The molecule has 0 saturated carbocycles. The zero-order valence-corrected chi connectivity index (χ0v) is 20.8. The van der Waals surface area contributed by atoms with Crippen molar-refractivity contribution < 1.29 is 23.7 Å². The van der Waals surface area contributed by atoms with Crippen LogP contribution in [0.15, 0.2) is 52.0 Å². The summed E-state index contributed by atoms with van der Waals surface area (Å²) in [5.41, 5.74) is 8.82. The Bertz CT molecular complexity index is 1450. The highest BCUT2D eigenvalue weighted by Crippen LogP contribution is 2.30. The van der Waals surface area contributed by atoms with Crippen molar-refractivity contribution >= 4 is 52.3 Å². The minimum Gasteiger partial charge on any atom is -0.455 e. The van der Waals surface area contributed by atoms with Crippen molar-refractivity contribution in [1.29, 1.82) is 0 Å². The standard InChI is InChI=1S/C24H19Cl2N5O6/c1-12-20-18(27-29-23(33)16-10-7-14(25)11-17(16)26)3-2-4-19(20)37-21(12)24(34)30-28-22(32)13-5-8-15(9-6-13)31(35)36/h5-11H,2-4H2,1H3,(H,28,32)(H,29,33)(H,30,34)/b27-18+. The first-order valence-corrected chi connectivity index (χ1v) is 11.7. The van der Waals surface area contributed by atoms with E-state index < -0.39 is 22.6 Å². The maximum absolute atomic E-state index is 12.7. The smallest absolute Gasteiger partial charge is 0.305 e. The second kappa shape index (κ2) is 10.8. The van der Waals surface area contributed by atoms with Crippen molar-refractivity contribution in [3.05, 3.63) is 96.4 Å². The summed E-state index contributed by atoms with van der Waals surface area (Å²) in [5, 5.41) is 15.6. The van der Waals surface area contributed by atoms with Crippen molar-refractivity contribution in [2.24, 2.45) is 5.10 Å². The van der Waals surface area contributed by atoms with E-state index in [1.807, 2.05) is 0 Å². The summed E-state index contributed by atoms with van der Waals surface area (Å²) < 4.78 is 5.77. The second-order valence-electron chi connectivity index (χ2n) is 8.04. The van der Waals surface area contributed by atoms with Crippen LogP contribution in [-0.4, -0.2) is 28.4 Å². The molecular formula is C24H19Cl2N5O6. The number of nitro groups is 1. The Balaban J connectivity index is 1.46. The van der Waals surface area contributed by atoms with E-state index >= 15 is 0 Å². The number of non-ortho nitro benzene ring substituents is 1. The Labute approximate surface area is 219 Å². The first-order chi connectivity index (χ1) is 17.7. The third-order valence-corrected chi connectivity index (χ3v) is 6.18. The lowest BCUT2D eigenvalue weighted by Gasteiger charge is -2.13. The third kappa shape index (κ3) is 5.63. The summed E-state index contributed by atoms with van der Waals surface area (Å²) in [7, 11) is 0. The van der Waals surface area contributed by atoms with Gasteiger partial charge in [-0.2, -0.15) is 5.10 Å². The number of carbonyl (C=O) groups excluding carboxylic acids is 3. The molecule has 0 atom stereocenters. The fourth-order valence-corrected chi connectivity index (χ4v) is 4.32. The van der Waals surface area contributed by atoms with Gasteiger partial charge < -0.3 is 4.42 Å². The minimum atomic E-state index is -0.696. The number of hydrogen-bond donors (Lipinski definition) is 3. The molecule has 0 radical (unpaired) electrons.